The van der Waals surface area contributed by atoms with Crippen molar-refractivity contribution in [2.75, 3.05) is 13.1 Å². The normalized spacial score (nSPS) is 11.8. The third-order valence-electron chi connectivity index (χ3n) is 2.69. The minimum atomic E-state index is -3.56. The first-order valence-corrected chi connectivity index (χ1v) is 8.79. The van der Waals surface area contributed by atoms with Crippen LogP contribution in [0.3, 0.4) is 0 Å². The van der Waals surface area contributed by atoms with Gasteiger partial charge in [0.05, 0.1) is 6.54 Å². The van der Waals surface area contributed by atoms with E-state index in [4.69, 9.17) is 4.42 Å². The molecule has 0 atom stereocenters. The summed E-state index contributed by atoms with van der Waals surface area (Å²) in [5, 5.41) is 5.03. The van der Waals surface area contributed by atoms with Gasteiger partial charge in [0.15, 0.2) is 0 Å². The summed E-state index contributed by atoms with van der Waals surface area (Å²) < 4.78 is 31.9. The van der Waals surface area contributed by atoms with Crippen LogP contribution in [0.4, 0.5) is 0 Å². The van der Waals surface area contributed by atoms with Crippen LogP contribution in [-0.2, 0) is 23.0 Å². The number of hydrogen-bond acceptors (Lipinski definition) is 5. The first kappa shape index (κ1) is 15.2. The highest BCUT2D eigenvalue weighted by atomic mass is 32.2. The maximum Gasteiger partial charge on any atom is 0.273 e. The van der Waals surface area contributed by atoms with Crippen molar-refractivity contribution in [3.8, 4) is 0 Å². The average molecular weight is 314 g/mol. The molecule has 110 valence electrons. The molecule has 0 unspecified atom stereocenters. The van der Waals surface area contributed by atoms with Gasteiger partial charge in [-0.2, -0.15) is 0 Å². The minimum Gasteiger partial charge on any atom is -0.447 e. The second-order valence-corrected chi connectivity index (χ2v) is 6.96. The number of nitrogens with one attached hydrogen (secondary N) is 2. The number of rotatable bonds is 8. The van der Waals surface area contributed by atoms with Gasteiger partial charge in [-0.1, -0.05) is 13.0 Å². The molecule has 2 rings (SSSR count). The highest BCUT2D eigenvalue weighted by molar-refractivity contribution is 7.89. The van der Waals surface area contributed by atoms with E-state index in [1.165, 1.54) is 6.07 Å². The Kier molecular flexibility index (Phi) is 5.36. The SMILES string of the molecule is CCNCc1ccc(S(=O)(=O)NCCc2cccs2)o1. The predicted molar refractivity (Wildman–Crippen MR) is 79.3 cm³/mol. The molecule has 2 aromatic rings. The molecule has 0 bridgehead atoms. The Morgan fingerprint density at radius 2 is 2.15 bits per heavy atom. The maximum absolute atomic E-state index is 12.0. The van der Waals surface area contributed by atoms with Crippen molar-refractivity contribution in [3.05, 3.63) is 40.3 Å². The van der Waals surface area contributed by atoms with Crippen LogP contribution in [0.2, 0.25) is 0 Å². The molecule has 0 spiro atoms. The summed E-state index contributed by atoms with van der Waals surface area (Å²) in [6, 6.07) is 7.10. The molecule has 5 nitrogen and oxygen atoms in total. The zero-order valence-corrected chi connectivity index (χ0v) is 12.9. The summed E-state index contributed by atoms with van der Waals surface area (Å²) in [5.41, 5.74) is 0. The third kappa shape index (κ3) is 4.17. The smallest absolute Gasteiger partial charge is 0.273 e. The first-order valence-electron chi connectivity index (χ1n) is 6.43. The molecule has 0 aromatic carbocycles. The van der Waals surface area contributed by atoms with Crippen LogP contribution < -0.4 is 10.0 Å². The molecular formula is C13H18N2O3S2. The van der Waals surface area contributed by atoms with Gasteiger partial charge in [0.1, 0.15) is 5.76 Å². The maximum atomic E-state index is 12.0. The van der Waals surface area contributed by atoms with Crippen molar-refractivity contribution in [1.82, 2.24) is 10.0 Å². The molecule has 0 radical (unpaired) electrons. The molecule has 2 heterocycles. The second kappa shape index (κ2) is 7.03. The lowest BCUT2D eigenvalue weighted by Crippen LogP contribution is -2.25. The van der Waals surface area contributed by atoms with E-state index in [2.05, 4.69) is 10.0 Å². The molecule has 0 saturated carbocycles. The Hall–Kier alpha value is -1.15. The fourth-order valence-electron chi connectivity index (χ4n) is 1.68. The van der Waals surface area contributed by atoms with E-state index in [0.717, 1.165) is 11.4 Å². The van der Waals surface area contributed by atoms with Crippen molar-refractivity contribution in [2.24, 2.45) is 0 Å². The minimum absolute atomic E-state index is 0.0309. The van der Waals surface area contributed by atoms with E-state index in [1.54, 1.807) is 17.4 Å². The zero-order chi connectivity index (χ0) is 14.4. The fourth-order valence-corrected chi connectivity index (χ4v) is 3.37. The van der Waals surface area contributed by atoms with Crippen molar-refractivity contribution < 1.29 is 12.8 Å². The Labute approximate surface area is 123 Å². The molecule has 7 heteroatoms. The molecule has 2 aromatic heterocycles. The topological polar surface area (TPSA) is 71.3 Å². The van der Waals surface area contributed by atoms with E-state index < -0.39 is 10.0 Å². The van der Waals surface area contributed by atoms with Gasteiger partial charge >= 0.3 is 0 Å². The Bertz CT molecular complexity index is 618. The highest BCUT2D eigenvalue weighted by Crippen LogP contribution is 2.14. The van der Waals surface area contributed by atoms with E-state index in [1.807, 2.05) is 24.4 Å². The quantitative estimate of drug-likeness (QED) is 0.781. The van der Waals surface area contributed by atoms with Gasteiger partial charge in [0.25, 0.3) is 10.0 Å². The molecule has 0 saturated heterocycles. The lowest BCUT2D eigenvalue weighted by molar-refractivity contribution is 0.401. The van der Waals surface area contributed by atoms with Gasteiger partial charge in [-0.25, -0.2) is 13.1 Å². The third-order valence-corrected chi connectivity index (χ3v) is 4.96. The van der Waals surface area contributed by atoms with Gasteiger partial charge in [0, 0.05) is 11.4 Å². The van der Waals surface area contributed by atoms with Crippen LogP contribution in [0.1, 0.15) is 17.6 Å². The summed E-state index contributed by atoms with van der Waals surface area (Å²) in [6.45, 7) is 3.68. The number of hydrogen-bond donors (Lipinski definition) is 2. The lowest BCUT2D eigenvalue weighted by Gasteiger charge is -2.03. The second-order valence-electron chi connectivity index (χ2n) is 4.23. The number of sulfonamides is 1. The van der Waals surface area contributed by atoms with Crippen molar-refractivity contribution in [1.29, 1.82) is 0 Å². The van der Waals surface area contributed by atoms with Crippen LogP contribution in [0.5, 0.6) is 0 Å². The lowest BCUT2D eigenvalue weighted by atomic mass is 10.3. The summed E-state index contributed by atoms with van der Waals surface area (Å²) >= 11 is 1.62. The largest absolute Gasteiger partial charge is 0.447 e. The summed E-state index contributed by atoms with van der Waals surface area (Å²) in [6.07, 6.45) is 0.682. The van der Waals surface area contributed by atoms with E-state index in [-0.39, 0.29) is 5.09 Å². The number of furan rings is 1. The molecule has 0 amide bonds. The summed E-state index contributed by atoms with van der Waals surface area (Å²) in [4.78, 5) is 1.15. The van der Waals surface area contributed by atoms with Gasteiger partial charge in [-0.3, -0.25) is 0 Å². The fraction of sp³-hybridized carbons (Fsp3) is 0.385. The van der Waals surface area contributed by atoms with Crippen molar-refractivity contribution in [3.63, 3.8) is 0 Å². The monoisotopic (exact) mass is 314 g/mol. The van der Waals surface area contributed by atoms with Gasteiger partial charge in [-0.05, 0) is 36.5 Å². The van der Waals surface area contributed by atoms with Crippen molar-refractivity contribution >= 4 is 21.4 Å². The molecule has 0 aliphatic rings. The molecule has 2 N–H and O–H groups in total. The molecule has 0 aliphatic carbocycles. The van der Waals surface area contributed by atoms with E-state index >= 15 is 0 Å². The van der Waals surface area contributed by atoms with Gasteiger partial charge < -0.3 is 9.73 Å². The Morgan fingerprint density at radius 3 is 2.85 bits per heavy atom. The van der Waals surface area contributed by atoms with Crippen molar-refractivity contribution in [2.45, 2.75) is 25.0 Å². The standard InChI is InChI=1S/C13H18N2O3S2/c1-2-14-10-11-5-6-13(18-11)20(16,17)15-8-7-12-4-3-9-19-12/h3-6,9,14-15H,2,7-8,10H2,1H3. The Morgan fingerprint density at radius 1 is 1.30 bits per heavy atom. The summed E-state index contributed by atoms with van der Waals surface area (Å²) in [5.74, 6) is 0.616. The van der Waals surface area contributed by atoms with Crippen LogP contribution >= 0.6 is 11.3 Å². The molecule has 0 fully saturated rings. The van der Waals surface area contributed by atoms with E-state index in [0.29, 0.717) is 25.3 Å². The van der Waals surface area contributed by atoms with E-state index in [9.17, 15) is 8.42 Å². The first-order chi connectivity index (χ1) is 9.62. The summed E-state index contributed by atoms with van der Waals surface area (Å²) in [7, 11) is -3.56. The molecule has 20 heavy (non-hydrogen) atoms. The van der Waals surface area contributed by atoms with Crippen LogP contribution in [0.15, 0.2) is 39.2 Å². The predicted octanol–water partition coefficient (Wildman–Crippen LogP) is 1.97. The highest BCUT2D eigenvalue weighted by Gasteiger charge is 2.18. The molecular weight excluding hydrogens is 296 g/mol. The van der Waals surface area contributed by atoms with Gasteiger partial charge in [-0.15, -0.1) is 11.3 Å². The van der Waals surface area contributed by atoms with Crippen LogP contribution in [-0.4, -0.2) is 21.5 Å². The Balaban J connectivity index is 1.90. The zero-order valence-electron chi connectivity index (χ0n) is 11.3. The van der Waals surface area contributed by atoms with Crippen LogP contribution in [0, 0.1) is 0 Å². The number of thiophene rings is 1. The molecule has 0 aliphatic heterocycles. The van der Waals surface area contributed by atoms with Crippen LogP contribution in [0.25, 0.3) is 0 Å². The average Bonchev–Trinajstić information content (AvgIpc) is 3.07. The van der Waals surface area contributed by atoms with Gasteiger partial charge in [0.2, 0.25) is 5.09 Å².